The van der Waals surface area contributed by atoms with E-state index in [4.69, 9.17) is 0 Å². The predicted molar refractivity (Wildman–Crippen MR) is 61.0 cm³/mol. The van der Waals surface area contributed by atoms with E-state index in [2.05, 4.69) is 40.2 Å². The molecule has 0 aliphatic carbocycles. The lowest BCUT2D eigenvalue weighted by Crippen LogP contribution is -2.14. The first-order valence-electron chi connectivity index (χ1n) is 5.49. The highest BCUT2D eigenvalue weighted by molar-refractivity contribution is 5.79. The SMILES string of the molecule is Cc1ccc2cnn(C3CCNC3)c2c1. The Kier molecular flexibility index (Phi) is 1.99. The molecule has 3 nitrogen and oxygen atoms in total. The van der Waals surface area contributed by atoms with Gasteiger partial charge < -0.3 is 5.32 Å². The molecule has 0 amide bonds. The van der Waals surface area contributed by atoms with Gasteiger partial charge in [0, 0.05) is 11.9 Å². The van der Waals surface area contributed by atoms with Gasteiger partial charge in [0.2, 0.25) is 0 Å². The molecule has 0 saturated carbocycles. The zero-order chi connectivity index (χ0) is 10.3. The van der Waals surface area contributed by atoms with Gasteiger partial charge in [-0.05, 0) is 31.5 Å². The van der Waals surface area contributed by atoms with E-state index < -0.39 is 0 Å². The topological polar surface area (TPSA) is 29.9 Å². The Balaban J connectivity index is 2.13. The number of nitrogens with zero attached hydrogens (tertiary/aromatic N) is 2. The van der Waals surface area contributed by atoms with Crippen molar-refractivity contribution in [3.05, 3.63) is 30.0 Å². The minimum absolute atomic E-state index is 0.532. The third kappa shape index (κ3) is 1.43. The summed E-state index contributed by atoms with van der Waals surface area (Å²) in [4.78, 5) is 0. The van der Waals surface area contributed by atoms with Crippen LogP contribution >= 0.6 is 0 Å². The van der Waals surface area contributed by atoms with Crippen molar-refractivity contribution in [3.63, 3.8) is 0 Å². The van der Waals surface area contributed by atoms with Gasteiger partial charge >= 0.3 is 0 Å². The molecule has 0 spiro atoms. The smallest absolute Gasteiger partial charge is 0.0688 e. The zero-order valence-corrected chi connectivity index (χ0v) is 8.90. The van der Waals surface area contributed by atoms with E-state index in [1.165, 1.54) is 22.9 Å². The predicted octanol–water partition coefficient (Wildman–Crippen LogP) is 1.88. The molecule has 1 aliphatic rings. The fraction of sp³-hybridized carbons (Fsp3) is 0.417. The summed E-state index contributed by atoms with van der Waals surface area (Å²) < 4.78 is 2.17. The summed E-state index contributed by atoms with van der Waals surface area (Å²) in [5, 5.41) is 9.12. The molecule has 1 N–H and O–H groups in total. The van der Waals surface area contributed by atoms with Crippen LogP contribution in [0.15, 0.2) is 24.4 Å². The van der Waals surface area contributed by atoms with Crippen molar-refractivity contribution >= 4 is 10.9 Å². The van der Waals surface area contributed by atoms with Crippen molar-refractivity contribution in [2.75, 3.05) is 13.1 Å². The standard InChI is InChI=1S/C12H15N3/c1-9-2-3-10-7-14-15(12(10)6-9)11-4-5-13-8-11/h2-3,6-7,11,13H,4-5,8H2,1H3. The summed E-state index contributed by atoms with van der Waals surface area (Å²) in [6, 6.07) is 7.04. The lowest BCUT2D eigenvalue weighted by molar-refractivity contribution is 0.506. The molecule has 0 bridgehead atoms. The molecule has 1 aromatic heterocycles. The van der Waals surface area contributed by atoms with Crippen LogP contribution in [0.2, 0.25) is 0 Å². The van der Waals surface area contributed by atoms with Crippen LogP contribution in [0.5, 0.6) is 0 Å². The summed E-state index contributed by atoms with van der Waals surface area (Å²) in [5.41, 5.74) is 2.57. The Morgan fingerprint density at radius 1 is 1.47 bits per heavy atom. The highest BCUT2D eigenvalue weighted by Gasteiger charge is 2.18. The lowest BCUT2D eigenvalue weighted by atomic mass is 10.2. The normalized spacial score (nSPS) is 21.3. The average molecular weight is 201 g/mol. The first kappa shape index (κ1) is 8.92. The fourth-order valence-corrected chi connectivity index (χ4v) is 2.29. The van der Waals surface area contributed by atoms with Gasteiger partial charge in [-0.2, -0.15) is 5.10 Å². The minimum Gasteiger partial charge on any atom is -0.315 e. The number of hydrogen-bond acceptors (Lipinski definition) is 2. The van der Waals surface area contributed by atoms with E-state index in [9.17, 15) is 0 Å². The molecule has 1 aromatic carbocycles. The van der Waals surface area contributed by atoms with Crippen molar-refractivity contribution in [1.29, 1.82) is 0 Å². The molecule has 3 rings (SSSR count). The van der Waals surface area contributed by atoms with Gasteiger partial charge in [0.05, 0.1) is 17.8 Å². The third-order valence-electron chi connectivity index (χ3n) is 3.13. The second-order valence-corrected chi connectivity index (χ2v) is 4.30. The van der Waals surface area contributed by atoms with E-state index in [-0.39, 0.29) is 0 Å². The molecule has 1 unspecified atom stereocenters. The van der Waals surface area contributed by atoms with Crippen molar-refractivity contribution < 1.29 is 0 Å². The maximum atomic E-state index is 4.50. The molecule has 1 aliphatic heterocycles. The van der Waals surface area contributed by atoms with E-state index in [1.54, 1.807) is 0 Å². The molecular weight excluding hydrogens is 186 g/mol. The van der Waals surface area contributed by atoms with Gasteiger partial charge in [-0.25, -0.2) is 0 Å². The van der Waals surface area contributed by atoms with Gasteiger partial charge in [0.1, 0.15) is 0 Å². The Bertz CT molecular complexity index is 481. The maximum Gasteiger partial charge on any atom is 0.0688 e. The molecule has 15 heavy (non-hydrogen) atoms. The highest BCUT2D eigenvalue weighted by Crippen LogP contribution is 2.22. The Hall–Kier alpha value is -1.35. The molecule has 2 aromatic rings. The van der Waals surface area contributed by atoms with Crippen LogP contribution in [0, 0.1) is 6.92 Å². The number of fused-ring (bicyclic) bond motifs is 1. The van der Waals surface area contributed by atoms with E-state index in [0.717, 1.165) is 13.1 Å². The molecule has 78 valence electrons. The molecule has 0 radical (unpaired) electrons. The second-order valence-electron chi connectivity index (χ2n) is 4.30. The van der Waals surface area contributed by atoms with E-state index >= 15 is 0 Å². The first-order chi connectivity index (χ1) is 7.34. The summed E-state index contributed by atoms with van der Waals surface area (Å²) in [6.07, 6.45) is 3.15. The monoisotopic (exact) mass is 201 g/mol. The third-order valence-corrected chi connectivity index (χ3v) is 3.13. The van der Waals surface area contributed by atoms with Gasteiger partial charge in [-0.3, -0.25) is 4.68 Å². The van der Waals surface area contributed by atoms with Crippen molar-refractivity contribution in [3.8, 4) is 0 Å². The summed E-state index contributed by atoms with van der Waals surface area (Å²) >= 11 is 0. The molecular formula is C12H15N3. The summed E-state index contributed by atoms with van der Waals surface area (Å²) in [5.74, 6) is 0. The Morgan fingerprint density at radius 3 is 3.20 bits per heavy atom. The zero-order valence-electron chi connectivity index (χ0n) is 8.90. The van der Waals surface area contributed by atoms with Gasteiger partial charge in [-0.1, -0.05) is 12.1 Å². The molecule has 3 heteroatoms. The van der Waals surface area contributed by atoms with Crippen LogP contribution in [0.4, 0.5) is 0 Å². The maximum absolute atomic E-state index is 4.50. The average Bonchev–Trinajstić information content (AvgIpc) is 2.83. The van der Waals surface area contributed by atoms with E-state index in [0.29, 0.717) is 6.04 Å². The van der Waals surface area contributed by atoms with Crippen LogP contribution in [0.25, 0.3) is 10.9 Å². The van der Waals surface area contributed by atoms with Gasteiger partial charge in [0.25, 0.3) is 0 Å². The van der Waals surface area contributed by atoms with Crippen LogP contribution in [-0.4, -0.2) is 22.9 Å². The largest absolute Gasteiger partial charge is 0.315 e. The Labute approximate surface area is 89.1 Å². The Morgan fingerprint density at radius 2 is 2.40 bits per heavy atom. The first-order valence-corrected chi connectivity index (χ1v) is 5.49. The van der Waals surface area contributed by atoms with Crippen LogP contribution < -0.4 is 5.32 Å². The number of aromatic nitrogens is 2. The fourth-order valence-electron chi connectivity index (χ4n) is 2.29. The highest BCUT2D eigenvalue weighted by atomic mass is 15.3. The molecule has 1 atom stereocenters. The van der Waals surface area contributed by atoms with Crippen LogP contribution in [-0.2, 0) is 0 Å². The number of rotatable bonds is 1. The number of benzene rings is 1. The van der Waals surface area contributed by atoms with Crippen LogP contribution in [0.3, 0.4) is 0 Å². The summed E-state index contributed by atoms with van der Waals surface area (Å²) in [7, 11) is 0. The summed E-state index contributed by atoms with van der Waals surface area (Å²) in [6.45, 7) is 4.28. The van der Waals surface area contributed by atoms with Crippen LogP contribution in [0.1, 0.15) is 18.0 Å². The number of hydrogen-bond donors (Lipinski definition) is 1. The number of nitrogens with one attached hydrogen (secondary N) is 1. The van der Waals surface area contributed by atoms with Crippen molar-refractivity contribution in [2.45, 2.75) is 19.4 Å². The molecule has 1 saturated heterocycles. The van der Waals surface area contributed by atoms with Gasteiger partial charge in [-0.15, -0.1) is 0 Å². The second kappa shape index (κ2) is 3.35. The lowest BCUT2D eigenvalue weighted by Gasteiger charge is -2.10. The molecule has 1 fully saturated rings. The van der Waals surface area contributed by atoms with Crippen molar-refractivity contribution in [2.24, 2.45) is 0 Å². The van der Waals surface area contributed by atoms with Crippen molar-refractivity contribution in [1.82, 2.24) is 15.1 Å². The molecule has 2 heterocycles. The number of aryl methyl sites for hydroxylation is 1. The minimum atomic E-state index is 0.532. The quantitative estimate of drug-likeness (QED) is 0.763. The van der Waals surface area contributed by atoms with Gasteiger partial charge in [0.15, 0.2) is 0 Å². The van der Waals surface area contributed by atoms with E-state index in [1.807, 2.05) is 6.20 Å².